The Morgan fingerprint density at radius 2 is 1.90 bits per heavy atom. The van der Waals surface area contributed by atoms with E-state index in [4.69, 9.17) is 9.47 Å². The van der Waals surface area contributed by atoms with Gasteiger partial charge in [-0.3, -0.25) is 0 Å². The number of hydrogen-bond acceptors (Lipinski definition) is 3. The first-order valence-corrected chi connectivity index (χ1v) is 7.61. The second-order valence-corrected chi connectivity index (χ2v) is 5.27. The third kappa shape index (κ3) is 4.84. The van der Waals surface area contributed by atoms with Gasteiger partial charge in [0, 0.05) is 52.2 Å². The summed E-state index contributed by atoms with van der Waals surface area (Å²) in [6, 6.07) is 8.87. The number of unbranched alkanes of at least 4 members (excludes halogenated alkanes) is 1. The summed E-state index contributed by atoms with van der Waals surface area (Å²) in [5, 5.41) is 4.70. The molecule has 0 radical (unpaired) electrons. The van der Waals surface area contributed by atoms with Crippen molar-refractivity contribution >= 4 is 10.9 Å². The zero-order chi connectivity index (χ0) is 14.9. The number of nitrogens with one attached hydrogen (secondary N) is 1. The van der Waals surface area contributed by atoms with Crippen molar-refractivity contribution in [2.24, 2.45) is 0 Å². The summed E-state index contributed by atoms with van der Waals surface area (Å²) in [7, 11) is 3.48. The number of benzene rings is 1. The molecule has 1 aromatic heterocycles. The molecule has 1 N–H and O–H groups in total. The lowest BCUT2D eigenvalue weighted by atomic mass is 10.1. The molecule has 0 amide bonds. The molecule has 0 aliphatic carbocycles. The molecule has 0 unspecified atom stereocenters. The molecule has 4 heteroatoms. The predicted octanol–water partition coefficient (Wildman–Crippen LogP) is 2.80. The summed E-state index contributed by atoms with van der Waals surface area (Å²) in [4.78, 5) is 0. The van der Waals surface area contributed by atoms with Crippen molar-refractivity contribution in [1.82, 2.24) is 9.88 Å². The van der Waals surface area contributed by atoms with Crippen molar-refractivity contribution in [3.05, 3.63) is 36.0 Å². The Bertz CT molecular complexity index is 537. The minimum atomic E-state index is 0.748. The van der Waals surface area contributed by atoms with Crippen molar-refractivity contribution < 1.29 is 9.47 Å². The lowest BCUT2D eigenvalue weighted by molar-refractivity contribution is 0.191. The SMILES string of the molecule is COCCCCn1ccc2ccc(CNCCOC)cc21. The number of nitrogens with zero attached hydrogens (tertiary/aromatic N) is 1. The van der Waals surface area contributed by atoms with Gasteiger partial charge in [0.2, 0.25) is 0 Å². The van der Waals surface area contributed by atoms with Crippen LogP contribution in [0.15, 0.2) is 30.5 Å². The Morgan fingerprint density at radius 1 is 1.05 bits per heavy atom. The monoisotopic (exact) mass is 290 g/mol. The molecule has 1 heterocycles. The van der Waals surface area contributed by atoms with E-state index in [0.717, 1.165) is 45.7 Å². The van der Waals surface area contributed by atoms with E-state index in [1.54, 1.807) is 14.2 Å². The highest BCUT2D eigenvalue weighted by Gasteiger charge is 2.02. The molecule has 0 spiro atoms. The van der Waals surface area contributed by atoms with E-state index in [0.29, 0.717) is 0 Å². The number of methoxy groups -OCH3 is 2. The Balaban J connectivity index is 1.95. The maximum Gasteiger partial charge on any atom is 0.0587 e. The van der Waals surface area contributed by atoms with Gasteiger partial charge in [-0.15, -0.1) is 0 Å². The highest BCUT2D eigenvalue weighted by molar-refractivity contribution is 5.80. The average molecular weight is 290 g/mol. The van der Waals surface area contributed by atoms with E-state index in [1.165, 1.54) is 16.5 Å². The van der Waals surface area contributed by atoms with Gasteiger partial charge in [0.05, 0.1) is 6.61 Å². The summed E-state index contributed by atoms with van der Waals surface area (Å²) in [5.41, 5.74) is 2.63. The maximum atomic E-state index is 5.10. The fourth-order valence-electron chi connectivity index (χ4n) is 2.47. The van der Waals surface area contributed by atoms with Crippen LogP contribution in [-0.2, 0) is 22.6 Å². The van der Waals surface area contributed by atoms with Crippen LogP contribution in [0.5, 0.6) is 0 Å². The standard InChI is InChI=1S/C17H26N2O2/c1-20-11-4-3-9-19-10-7-16-6-5-15(13-17(16)19)14-18-8-12-21-2/h5-7,10,13,18H,3-4,8-9,11-12,14H2,1-2H3. The van der Waals surface area contributed by atoms with Gasteiger partial charge >= 0.3 is 0 Å². The fraction of sp³-hybridized carbons (Fsp3) is 0.529. The van der Waals surface area contributed by atoms with Gasteiger partial charge in [-0.05, 0) is 35.9 Å². The van der Waals surface area contributed by atoms with E-state index in [2.05, 4.69) is 40.3 Å². The molecule has 0 saturated carbocycles. The average Bonchev–Trinajstić information content (AvgIpc) is 2.91. The van der Waals surface area contributed by atoms with E-state index >= 15 is 0 Å². The number of rotatable bonds is 10. The van der Waals surface area contributed by atoms with Gasteiger partial charge in [0.25, 0.3) is 0 Å². The van der Waals surface area contributed by atoms with Crippen molar-refractivity contribution in [2.45, 2.75) is 25.9 Å². The third-order valence-electron chi connectivity index (χ3n) is 3.65. The molecular weight excluding hydrogens is 264 g/mol. The minimum Gasteiger partial charge on any atom is -0.385 e. The van der Waals surface area contributed by atoms with Crippen LogP contribution in [-0.4, -0.2) is 38.5 Å². The molecule has 4 nitrogen and oxygen atoms in total. The zero-order valence-electron chi connectivity index (χ0n) is 13.1. The van der Waals surface area contributed by atoms with Gasteiger partial charge in [0.1, 0.15) is 0 Å². The molecule has 2 aromatic rings. The second kappa shape index (κ2) is 8.82. The first-order chi connectivity index (χ1) is 10.3. The number of ether oxygens (including phenoxy) is 2. The molecular formula is C17H26N2O2. The van der Waals surface area contributed by atoms with Crippen LogP contribution in [0.1, 0.15) is 18.4 Å². The highest BCUT2D eigenvalue weighted by Crippen LogP contribution is 2.18. The summed E-state index contributed by atoms with van der Waals surface area (Å²) < 4.78 is 12.5. The van der Waals surface area contributed by atoms with E-state index < -0.39 is 0 Å². The van der Waals surface area contributed by atoms with Gasteiger partial charge < -0.3 is 19.4 Å². The number of aromatic nitrogens is 1. The van der Waals surface area contributed by atoms with Gasteiger partial charge in [-0.25, -0.2) is 0 Å². The van der Waals surface area contributed by atoms with Crippen LogP contribution >= 0.6 is 0 Å². The molecule has 2 rings (SSSR count). The summed E-state index contributed by atoms with van der Waals surface area (Å²) in [5.74, 6) is 0. The molecule has 21 heavy (non-hydrogen) atoms. The van der Waals surface area contributed by atoms with E-state index in [9.17, 15) is 0 Å². The van der Waals surface area contributed by atoms with Crippen LogP contribution in [0.3, 0.4) is 0 Å². The summed E-state index contributed by atoms with van der Waals surface area (Å²) in [6.45, 7) is 4.40. The Morgan fingerprint density at radius 3 is 2.71 bits per heavy atom. The Kier molecular flexibility index (Phi) is 6.73. The molecule has 0 aliphatic heterocycles. The lowest BCUT2D eigenvalue weighted by Gasteiger charge is -2.08. The molecule has 0 aliphatic rings. The summed E-state index contributed by atoms with van der Waals surface area (Å²) in [6.07, 6.45) is 4.43. The van der Waals surface area contributed by atoms with Crippen LogP contribution in [0.2, 0.25) is 0 Å². The molecule has 116 valence electrons. The van der Waals surface area contributed by atoms with Crippen LogP contribution < -0.4 is 5.32 Å². The Labute approximate surface area is 127 Å². The van der Waals surface area contributed by atoms with Crippen molar-refractivity contribution in [1.29, 1.82) is 0 Å². The first-order valence-electron chi connectivity index (χ1n) is 7.61. The highest BCUT2D eigenvalue weighted by atomic mass is 16.5. The van der Waals surface area contributed by atoms with Gasteiger partial charge in [-0.1, -0.05) is 12.1 Å². The minimum absolute atomic E-state index is 0.748. The van der Waals surface area contributed by atoms with Crippen LogP contribution in [0, 0.1) is 0 Å². The lowest BCUT2D eigenvalue weighted by Crippen LogP contribution is -2.18. The number of hydrogen-bond donors (Lipinski definition) is 1. The zero-order valence-corrected chi connectivity index (χ0v) is 13.1. The summed E-state index contributed by atoms with van der Waals surface area (Å²) >= 11 is 0. The van der Waals surface area contributed by atoms with Gasteiger partial charge in [0.15, 0.2) is 0 Å². The quantitative estimate of drug-likeness (QED) is 0.683. The largest absolute Gasteiger partial charge is 0.385 e. The Hall–Kier alpha value is -1.36. The van der Waals surface area contributed by atoms with Crippen LogP contribution in [0.25, 0.3) is 10.9 Å². The van der Waals surface area contributed by atoms with Gasteiger partial charge in [-0.2, -0.15) is 0 Å². The fourth-order valence-corrected chi connectivity index (χ4v) is 2.47. The van der Waals surface area contributed by atoms with Crippen molar-refractivity contribution in [2.75, 3.05) is 34.0 Å². The normalized spacial score (nSPS) is 11.3. The molecule has 0 atom stereocenters. The molecule has 0 fully saturated rings. The van der Waals surface area contributed by atoms with E-state index in [-0.39, 0.29) is 0 Å². The van der Waals surface area contributed by atoms with Crippen LogP contribution in [0.4, 0.5) is 0 Å². The number of aryl methyl sites for hydroxylation is 1. The predicted molar refractivity (Wildman–Crippen MR) is 86.6 cm³/mol. The molecule has 0 bridgehead atoms. The van der Waals surface area contributed by atoms with E-state index in [1.807, 2.05) is 0 Å². The second-order valence-electron chi connectivity index (χ2n) is 5.27. The first kappa shape index (κ1) is 16.0. The maximum absolute atomic E-state index is 5.10. The molecule has 1 aromatic carbocycles. The third-order valence-corrected chi connectivity index (χ3v) is 3.65. The number of fused-ring (bicyclic) bond motifs is 1. The smallest absolute Gasteiger partial charge is 0.0587 e. The van der Waals surface area contributed by atoms with Crippen molar-refractivity contribution in [3.63, 3.8) is 0 Å². The topological polar surface area (TPSA) is 35.4 Å². The molecule has 0 saturated heterocycles. The van der Waals surface area contributed by atoms with Crippen molar-refractivity contribution in [3.8, 4) is 0 Å².